The van der Waals surface area contributed by atoms with Gasteiger partial charge in [-0.25, -0.2) is 0 Å². The Morgan fingerprint density at radius 1 is 1.37 bits per heavy atom. The zero-order valence-corrected chi connectivity index (χ0v) is 11.4. The molecule has 1 fully saturated rings. The van der Waals surface area contributed by atoms with Gasteiger partial charge in [0.25, 0.3) is 0 Å². The van der Waals surface area contributed by atoms with Gasteiger partial charge in [0.05, 0.1) is 23.9 Å². The van der Waals surface area contributed by atoms with E-state index in [-0.39, 0.29) is 0 Å². The topological polar surface area (TPSA) is 53.1 Å². The maximum atomic E-state index is 5.93. The summed E-state index contributed by atoms with van der Waals surface area (Å²) in [4.78, 5) is 0. The van der Waals surface area contributed by atoms with Crippen LogP contribution in [0.2, 0.25) is 0 Å². The molecule has 2 aromatic rings. The van der Waals surface area contributed by atoms with Gasteiger partial charge in [-0.1, -0.05) is 18.2 Å². The van der Waals surface area contributed by atoms with E-state index >= 15 is 0 Å². The lowest BCUT2D eigenvalue weighted by molar-refractivity contribution is -0.0385. The second-order valence-corrected chi connectivity index (χ2v) is 5.29. The highest BCUT2D eigenvalue weighted by molar-refractivity contribution is 5.81. The Bertz CT molecular complexity index is 558. The summed E-state index contributed by atoms with van der Waals surface area (Å²) in [6.07, 6.45) is 2.57. The number of rotatable bonds is 5. The highest BCUT2D eigenvalue weighted by Crippen LogP contribution is 2.30. The molecule has 1 aliphatic carbocycles. The van der Waals surface area contributed by atoms with E-state index in [1.54, 1.807) is 0 Å². The van der Waals surface area contributed by atoms with Gasteiger partial charge in [-0.15, -0.1) is 0 Å². The van der Waals surface area contributed by atoms with Crippen LogP contribution in [0.15, 0.2) is 24.3 Å². The van der Waals surface area contributed by atoms with E-state index in [1.165, 1.54) is 10.9 Å². The lowest BCUT2D eigenvalue weighted by Crippen LogP contribution is -2.35. The second-order valence-electron chi connectivity index (χ2n) is 5.29. The molecule has 0 saturated heterocycles. The summed E-state index contributed by atoms with van der Waals surface area (Å²) in [5.74, 6) is 0.662. The first kappa shape index (κ1) is 12.6. The normalized spacial score (nSPS) is 22.6. The Balaban J connectivity index is 1.71. The second kappa shape index (κ2) is 5.31. The predicted octanol–water partition coefficient (Wildman–Crippen LogP) is 2.31. The number of aromatic nitrogens is 2. The molecule has 0 atom stereocenters. The zero-order chi connectivity index (χ0) is 13.2. The molecule has 2 N–H and O–H groups in total. The smallest absolute Gasteiger partial charge is 0.0960 e. The van der Waals surface area contributed by atoms with Crippen molar-refractivity contribution in [2.24, 2.45) is 11.7 Å². The molecule has 3 rings (SSSR count). The van der Waals surface area contributed by atoms with Crippen LogP contribution in [0.25, 0.3) is 10.9 Å². The molecule has 0 radical (unpaired) electrons. The molecular weight excluding hydrogens is 238 g/mol. The van der Waals surface area contributed by atoms with Crippen LogP contribution in [0.1, 0.15) is 25.5 Å². The van der Waals surface area contributed by atoms with E-state index in [0.29, 0.717) is 18.6 Å². The first-order valence-corrected chi connectivity index (χ1v) is 7.08. The molecule has 0 unspecified atom stereocenters. The van der Waals surface area contributed by atoms with E-state index in [4.69, 9.17) is 10.5 Å². The molecule has 4 heteroatoms. The molecule has 1 aromatic heterocycles. The zero-order valence-electron chi connectivity index (χ0n) is 11.4. The van der Waals surface area contributed by atoms with Gasteiger partial charge in [0.15, 0.2) is 0 Å². The number of para-hydroxylation sites is 1. The molecule has 0 amide bonds. The Morgan fingerprint density at radius 3 is 2.89 bits per heavy atom. The minimum absolute atomic E-state index is 0.374. The minimum Gasteiger partial charge on any atom is -0.372 e. The van der Waals surface area contributed by atoms with Crippen LogP contribution in [0.3, 0.4) is 0 Å². The number of hydrogen-bond acceptors (Lipinski definition) is 3. The lowest BCUT2D eigenvalue weighted by Gasteiger charge is -2.34. The molecule has 4 nitrogen and oxygen atoms in total. The quantitative estimate of drug-likeness (QED) is 0.896. The van der Waals surface area contributed by atoms with Gasteiger partial charge < -0.3 is 10.5 Å². The first-order chi connectivity index (χ1) is 9.31. The summed E-state index contributed by atoms with van der Waals surface area (Å²) >= 11 is 0. The summed E-state index contributed by atoms with van der Waals surface area (Å²) in [5, 5.41) is 5.85. The molecule has 0 aliphatic heterocycles. The van der Waals surface area contributed by atoms with Crippen LogP contribution < -0.4 is 5.73 Å². The van der Waals surface area contributed by atoms with Crippen molar-refractivity contribution >= 4 is 10.9 Å². The Kier molecular flexibility index (Phi) is 3.53. The third kappa shape index (κ3) is 2.38. The van der Waals surface area contributed by atoms with Crippen molar-refractivity contribution in [3.63, 3.8) is 0 Å². The van der Waals surface area contributed by atoms with Crippen LogP contribution in [-0.4, -0.2) is 22.4 Å². The molecular formula is C15H21N3O. The van der Waals surface area contributed by atoms with Crippen molar-refractivity contribution in [3.8, 4) is 0 Å². The number of hydrogen-bond donors (Lipinski definition) is 1. The minimum atomic E-state index is 0.374. The Labute approximate surface area is 113 Å². The van der Waals surface area contributed by atoms with Crippen LogP contribution in [0.5, 0.6) is 0 Å². The Morgan fingerprint density at radius 2 is 2.16 bits per heavy atom. The molecule has 0 spiro atoms. The van der Waals surface area contributed by atoms with Crippen molar-refractivity contribution in [3.05, 3.63) is 30.0 Å². The fourth-order valence-corrected chi connectivity index (χ4v) is 2.74. The predicted molar refractivity (Wildman–Crippen MR) is 75.8 cm³/mol. The molecule has 1 aliphatic rings. The molecule has 0 bridgehead atoms. The largest absolute Gasteiger partial charge is 0.372 e. The Hall–Kier alpha value is -1.39. The number of fused-ring (bicyclic) bond motifs is 1. The van der Waals surface area contributed by atoms with Crippen LogP contribution in [0.4, 0.5) is 0 Å². The summed E-state index contributed by atoms with van der Waals surface area (Å²) in [5.41, 5.74) is 7.87. The molecule has 1 heterocycles. The number of nitrogens with zero attached hydrogens (tertiary/aromatic N) is 2. The third-order valence-corrected chi connectivity index (χ3v) is 4.02. The van der Waals surface area contributed by atoms with Crippen molar-refractivity contribution in [2.75, 3.05) is 6.54 Å². The average Bonchev–Trinajstić information content (AvgIpc) is 2.76. The highest BCUT2D eigenvalue weighted by atomic mass is 16.5. The number of aryl methyl sites for hydroxylation is 1. The summed E-state index contributed by atoms with van der Waals surface area (Å²) in [7, 11) is 0. The van der Waals surface area contributed by atoms with Crippen LogP contribution in [-0.2, 0) is 17.9 Å². The van der Waals surface area contributed by atoms with Crippen molar-refractivity contribution in [1.29, 1.82) is 0 Å². The van der Waals surface area contributed by atoms with Gasteiger partial charge >= 0.3 is 0 Å². The van der Waals surface area contributed by atoms with Gasteiger partial charge in [0.2, 0.25) is 0 Å². The lowest BCUT2D eigenvalue weighted by atomic mass is 9.82. The number of nitrogens with two attached hydrogens (primary N) is 1. The fraction of sp³-hybridized carbons (Fsp3) is 0.533. The monoisotopic (exact) mass is 259 g/mol. The van der Waals surface area contributed by atoms with Gasteiger partial charge in [0, 0.05) is 11.9 Å². The SMILES string of the molecule is CCn1nc(COC2CC(CN)C2)c2ccccc21. The molecule has 1 aromatic carbocycles. The summed E-state index contributed by atoms with van der Waals surface area (Å²) in [6, 6.07) is 8.35. The van der Waals surface area contributed by atoms with Crippen LogP contribution in [0, 0.1) is 5.92 Å². The summed E-state index contributed by atoms with van der Waals surface area (Å²) in [6.45, 7) is 4.39. The van der Waals surface area contributed by atoms with E-state index in [9.17, 15) is 0 Å². The maximum Gasteiger partial charge on any atom is 0.0960 e. The van der Waals surface area contributed by atoms with E-state index < -0.39 is 0 Å². The molecule has 1 saturated carbocycles. The maximum absolute atomic E-state index is 5.93. The highest BCUT2D eigenvalue weighted by Gasteiger charge is 2.28. The standard InChI is InChI=1S/C15H21N3O/c1-2-18-15-6-4-3-5-13(15)14(17-18)10-19-12-7-11(8-12)9-16/h3-6,11-12H,2,7-10,16H2,1H3. The average molecular weight is 259 g/mol. The van der Waals surface area contributed by atoms with Gasteiger partial charge in [-0.3, -0.25) is 4.68 Å². The summed E-state index contributed by atoms with van der Waals surface area (Å²) < 4.78 is 7.97. The fourth-order valence-electron chi connectivity index (χ4n) is 2.74. The van der Waals surface area contributed by atoms with Gasteiger partial charge in [-0.2, -0.15) is 5.10 Å². The number of benzene rings is 1. The van der Waals surface area contributed by atoms with E-state index in [2.05, 4.69) is 36.3 Å². The van der Waals surface area contributed by atoms with E-state index in [0.717, 1.165) is 31.6 Å². The van der Waals surface area contributed by atoms with E-state index in [1.807, 2.05) is 4.68 Å². The van der Waals surface area contributed by atoms with Gasteiger partial charge in [0.1, 0.15) is 0 Å². The number of ether oxygens (including phenoxy) is 1. The van der Waals surface area contributed by atoms with Gasteiger partial charge in [-0.05, 0) is 38.3 Å². The van der Waals surface area contributed by atoms with Crippen molar-refractivity contribution in [2.45, 2.75) is 39.0 Å². The van der Waals surface area contributed by atoms with Crippen molar-refractivity contribution < 1.29 is 4.74 Å². The molecule has 102 valence electrons. The van der Waals surface area contributed by atoms with Crippen molar-refractivity contribution in [1.82, 2.24) is 9.78 Å². The first-order valence-electron chi connectivity index (χ1n) is 7.08. The third-order valence-electron chi connectivity index (χ3n) is 4.02. The van der Waals surface area contributed by atoms with Crippen LogP contribution >= 0.6 is 0 Å². The molecule has 19 heavy (non-hydrogen) atoms.